The van der Waals surface area contributed by atoms with Gasteiger partial charge in [0.15, 0.2) is 0 Å². The number of amides is 4. The first-order chi connectivity index (χ1) is 13.3. The number of nitrogens with one attached hydrogen (secondary N) is 2. The molecule has 1 aliphatic rings. The maximum Gasteiger partial charge on any atom is 0.270 e. The van der Waals surface area contributed by atoms with Crippen LogP contribution in [0.1, 0.15) is 47.4 Å². The third-order valence-electron chi connectivity index (χ3n) is 4.57. The Balaban J connectivity index is 1.87. The minimum atomic E-state index is -0.749. The van der Waals surface area contributed by atoms with E-state index in [2.05, 4.69) is 10.6 Å². The predicted molar refractivity (Wildman–Crippen MR) is 98.6 cm³/mol. The Morgan fingerprint density at radius 3 is 2.29 bits per heavy atom. The molecule has 10 nitrogen and oxygen atoms in total. The number of nitro benzene ring substituents is 1. The molecule has 0 radical (unpaired) electrons. The Morgan fingerprint density at radius 2 is 1.68 bits per heavy atom. The second-order valence-electron chi connectivity index (χ2n) is 6.34. The van der Waals surface area contributed by atoms with Gasteiger partial charge in [0, 0.05) is 31.1 Å². The van der Waals surface area contributed by atoms with Crippen molar-refractivity contribution in [3.05, 3.63) is 39.4 Å². The molecule has 0 aromatic heterocycles. The third-order valence-corrected chi connectivity index (χ3v) is 4.57. The number of nitro groups is 1. The van der Waals surface area contributed by atoms with Gasteiger partial charge in [-0.05, 0) is 18.9 Å². The van der Waals surface area contributed by atoms with Crippen LogP contribution >= 0.6 is 0 Å². The van der Waals surface area contributed by atoms with E-state index in [4.69, 9.17) is 0 Å². The molecule has 1 aliphatic heterocycles. The number of nitrogens with zero attached hydrogens (tertiary/aromatic N) is 2. The summed E-state index contributed by atoms with van der Waals surface area (Å²) in [5, 5.41) is 16.1. The van der Waals surface area contributed by atoms with E-state index < -0.39 is 29.2 Å². The van der Waals surface area contributed by atoms with Crippen LogP contribution in [0.2, 0.25) is 0 Å². The fourth-order valence-electron chi connectivity index (χ4n) is 2.93. The summed E-state index contributed by atoms with van der Waals surface area (Å²) in [4.78, 5) is 59.4. The highest BCUT2D eigenvalue weighted by Gasteiger charge is 2.37. The molecule has 0 aliphatic carbocycles. The molecule has 1 aromatic carbocycles. The number of carbonyl (C=O) groups excluding carboxylic acids is 4. The number of benzene rings is 1. The zero-order valence-electron chi connectivity index (χ0n) is 15.7. The molecule has 0 saturated carbocycles. The van der Waals surface area contributed by atoms with E-state index in [-0.39, 0.29) is 41.7 Å². The number of rotatable bonds is 9. The quantitative estimate of drug-likeness (QED) is 0.277. The third kappa shape index (κ3) is 4.51. The molecule has 0 fully saturated rings. The largest absolute Gasteiger partial charge is 0.354 e. The van der Waals surface area contributed by atoms with Crippen LogP contribution in [-0.2, 0) is 9.59 Å². The molecule has 0 bridgehead atoms. The van der Waals surface area contributed by atoms with Gasteiger partial charge in [0.25, 0.3) is 17.5 Å². The first-order valence-electron chi connectivity index (χ1n) is 8.99. The van der Waals surface area contributed by atoms with E-state index in [0.29, 0.717) is 0 Å². The molecular weight excluding hydrogens is 368 g/mol. The summed E-state index contributed by atoms with van der Waals surface area (Å²) >= 11 is 0. The Kier molecular flexibility index (Phi) is 6.80. The molecule has 0 spiro atoms. The topological polar surface area (TPSA) is 139 Å². The number of non-ortho nitro benzene ring substituents is 1. The Bertz CT molecular complexity index is 818. The summed E-state index contributed by atoms with van der Waals surface area (Å²) in [7, 11) is 0. The molecular formula is C18H22N4O6. The number of fused-ring (bicyclic) bond motifs is 1. The summed E-state index contributed by atoms with van der Waals surface area (Å²) in [6, 6.07) is 3.37. The smallest absolute Gasteiger partial charge is 0.270 e. The molecule has 0 atom stereocenters. The molecule has 2 rings (SSSR count). The highest BCUT2D eigenvalue weighted by Crippen LogP contribution is 2.26. The summed E-state index contributed by atoms with van der Waals surface area (Å²) in [5.41, 5.74) is -0.371. The number of hydrogen-bond acceptors (Lipinski definition) is 6. The molecule has 4 amide bonds. The van der Waals surface area contributed by atoms with Crippen LogP contribution in [-0.4, -0.2) is 53.1 Å². The minimum absolute atomic E-state index is 0.0286. The van der Waals surface area contributed by atoms with Crippen molar-refractivity contribution in [2.45, 2.75) is 26.7 Å². The first kappa shape index (κ1) is 21.0. The second kappa shape index (κ2) is 9.07. The summed E-state index contributed by atoms with van der Waals surface area (Å²) in [6.45, 7) is 3.73. The summed E-state index contributed by atoms with van der Waals surface area (Å²) in [5.74, 6) is -2.15. The van der Waals surface area contributed by atoms with Gasteiger partial charge in [-0.3, -0.25) is 34.2 Å². The summed E-state index contributed by atoms with van der Waals surface area (Å²) in [6.07, 6.45) is 1.46. The Morgan fingerprint density at radius 1 is 1.07 bits per heavy atom. The van der Waals surface area contributed by atoms with E-state index >= 15 is 0 Å². The van der Waals surface area contributed by atoms with Crippen LogP contribution in [0.3, 0.4) is 0 Å². The van der Waals surface area contributed by atoms with Crippen molar-refractivity contribution in [2.24, 2.45) is 5.92 Å². The van der Waals surface area contributed by atoms with Crippen LogP contribution in [0.4, 0.5) is 5.69 Å². The fraction of sp³-hybridized carbons (Fsp3) is 0.444. The van der Waals surface area contributed by atoms with Gasteiger partial charge in [-0.2, -0.15) is 0 Å². The monoisotopic (exact) mass is 390 g/mol. The maximum atomic E-state index is 12.3. The second-order valence-corrected chi connectivity index (χ2v) is 6.34. The van der Waals surface area contributed by atoms with E-state index in [1.807, 2.05) is 13.8 Å². The van der Waals surface area contributed by atoms with Gasteiger partial charge in [0.1, 0.15) is 6.54 Å². The van der Waals surface area contributed by atoms with Crippen LogP contribution in [0.25, 0.3) is 0 Å². The van der Waals surface area contributed by atoms with Crippen molar-refractivity contribution < 1.29 is 24.1 Å². The van der Waals surface area contributed by atoms with Crippen LogP contribution in [0.5, 0.6) is 0 Å². The average Bonchev–Trinajstić information content (AvgIpc) is 2.90. The Labute approximate surface area is 161 Å². The van der Waals surface area contributed by atoms with Crippen LogP contribution < -0.4 is 10.6 Å². The van der Waals surface area contributed by atoms with Gasteiger partial charge in [-0.25, -0.2) is 0 Å². The highest BCUT2D eigenvalue weighted by atomic mass is 16.6. The van der Waals surface area contributed by atoms with E-state index in [9.17, 15) is 29.3 Å². The van der Waals surface area contributed by atoms with Crippen molar-refractivity contribution in [3.63, 3.8) is 0 Å². The van der Waals surface area contributed by atoms with Gasteiger partial charge in [-0.15, -0.1) is 0 Å². The number of carbonyl (C=O) groups is 4. The van der Waals surface area contributed by atoms with E-state index in [1.54, 1.807) is 0 Å². The normalized spacial score (nSPS) is 12.9. The molecule has 1 heterocycles. The lowest BCUT2D eigenvalue weighted by Crippen LogP contribution is -2.43. The van der Waals surface area contributed by atoms with E-state index in [0.717, 1.165) is 29.9 Å². The fourth-order valence-corrected chi connectivity index (χ4v) is 2.93. The molecule has 2 N–H and O–H groups in total. The molecule has 10 heteroatoms. The van der Waals surface area contributed by atoms with Crippen molar-refractivity contribution in [2.75, 3.05) is 19.6 Å². The van der Waals surface area contributed by atoms with Gasteiger partial charge < -0.3 is 10.6 Å². The maximum absolute atomic E-state index is 12.3. The molecule has 0 unspecified atom stereocenters. The van der Waals surface area contributed by atoms with Crippen molar-refractivity contribution in [1.29, 1.82) is 0 Å². The van der Waals surface area contributed by atoms with Crippen LogP contribution in [0.15, 0.2) is 18.2 Å². The van der Waals surface area contributed by atoms with Gasteiger partial charge in [0.2, 0.25) is 11.8 Å². The lowest BCUT2D eigenvalue weighted by atomic mass is 10.0. The van der Waals surface area contributed by atoms with Crippen molar-refractivity contribution >= 4 is 29.3 Å². The standard InChI is InChI=1S/C18H22N4O6/c1-3-11(4-2)16(24)20-8-7-19-15(23)10-21-17(25)13-6-5-12(22(27)28)9-14(13)18(21)26/h5-6,9,11H,3-4,7-8,10H2,1-2H3,(H,19,23)(H,20,24). The zero-order chi connectivity index (χ0) is 20.8. The Hall–Kier alpha value is -3.30. The first-order valence-corrected chi connectivity index (χ1v) is 8.99. The lowest BCUT2D eigenvalue weighted by molar-refractivity contribution is -0.384. The molecule has 150 valence electrons. The lowest BCUT2D eigenvalue weighted by Gasteiger charge is -2.15. The highest BCUT2D eigenvalue weighted by molar-refractivity contribution is 6.22. The number of hydrogen-bond donors (Lipinski definition) is 2. The SMILES string of the molecule is CCC(CC)C(=O)NCCNC(=O)CN1C(=O)c2ccc([N+](=O)[O-])cc2C1=O. The zero-order valence-corrected chi connectivity index (χ0v) is 15.7. The van der Waals surface area contributed by atoms with Gasteiger partial charge >= 0.3 is 0 Å². The molecule has 0 saturated heterocycles. The van der Waals surface area contributed by atoms with Gasteiger partial charge in [0.05, 0.1) is 16.1 Å². The van der Waals surface area contributed by atoms with Crippen molar-refractivity contribution in [1.82, 2.24) is 15.5 Å². The van der Waals surface area contributed by atoms with E-state index in [1.165, 1.54) is 6.07 Å². The number of imide groups is 1. The molecule has 1 aromatic rings. The minimum Gasteiger partial charge on any atom is -0.354 e. The predicted octanol–water partition coefficient (Wildman–Crippen LogP) is 0.859. The average molecular weight is 390 g/mol. The van der Waals surface area contributed by atoms with Crippen molar-refractivity contribution in [3.8, 4) is 0 Å². The molecule has 28 heavy (non-hydrogen) atoms. The summed E-state index contributed by atoms with van der Waals surface area (Å²) < 4.78 is 0. The van der Waals surface area contributed by atoms with Gasteiger partial charge in [-0.1, -0.05) is 13.8 Å². The van der Waals surface area contributed by atoms with Crippen LogP contribution in [0, 0.1) is 16.0 Å².